The molecule has 1 aliphatic rings. The Bertz CT molecular complexity index is 1360. The Hall–Kier alpha value is -3.56. The second-order valence-electron chi connectivity index (χ2n) is 10.0. The van der Waals surface area contributed by atoms with E-state index in [1.54, 1.807) is 59.0 Å². The van der Waals surface area contributed by atoms with Crippen molar-refractivity contribution < 1.29 is 22.7 Å². The van der Waals surface area contributed by atoms with Crippen molar-refractivity contribution in [1.29, 1.82) is 0 Å². The third kappa shape index (κ3) is 5.03. The number of anilines is 1. The van der Waals surface area contributed by atoms with E-state index in [0.717, 1.165) is 17.7 Å². The Morgan fingerprint density at radius 2 is 1.83 bits per heavy atom. The minimum absolute atomic E-state index is 0.123. The van der Waals surface area contributed by atoms with Crippen LogP contribution in [0.15, 0.2) is 47.3 Å². The van der Waals surface area contributed by atoms with Crippen LogP contribution in [-0.2, 0) is 10.9 Å². The van der Waals surface area contributed by atoms with Gasteiger partial charge in [0.25, 0.3) is 0 Å². The largest absolute Gasteiger partial charge is 0.444 e. The molecule has 1 atom stereocenters. The van der Waals surface area contributed by atoms with Crippen LogP contribution in [0.4, 0.5) is 23.8 Å². The molecule has 0 bridgehead atoms. The summed E-state index contributed by atoms with van der Waals surface area (Å²) >= 11 is 0. The molecule has 192 valence electrons. The Kier molecular flexibility index (Phi) is 6.49. The first-order chi connectivity index (χ1) is 16.8. The highest BCUT2D eigenvalue weighted by Gasteiger charge is 2.34. The summed E-state index contributed by atoms with van der Waals surface area (Å²) in [5, 5.41) is 0.423. The predicted octanol–water partition coefficient (Wildman–Crippen LogP) is 5.16. The SMILES string of the molecule is Cc1ccccc1-n1c(=O)nc(N2CC[C@H](N(C)C(=O)OC(C)(C)C)C2)c2ccc(C(F)(F)F)cc21. The van der Waals surface area contributed by atoms with E-state index in [-0.39, 0.29) is 11.6 Å². The lowest BCUT2D eigenvalue weighted by molar-refractivity contribution is -0.137. The summed E-state index contributed by atoms with van der Waals surface area (Å²) < 4.78 is 47.5. The van der Waals surface area contributed by atoms with Crippen LogP contribution < -0.4 is 10.6 Å². The number of hydrogen-bond donors (Lipinski definition) is 0. The van der Waals surface area contributed by atoms with Gasteiger partial charge >= 0.3 is 18.0 Å². The number of alkyl halides is 3. The summed E-state index contributed by atoms with van der Waals surface area (Å²) in [5.74, 6) is 0.300. The van der Waals surface area contributed by atoms with Gasteiger partial charge in [0.2, 0.25) is 0 Å². The minimum atomic E-state index is -4.57. The van der Waals surface area contributed by atoms with Gasteiger partial charge in [0.05, 0.1) is 22.8 Å². The van der Waals surface area contributed by atoms with Crippen molar-refractivity contribution in [1.82, 2.24) is 14.5 Å². The molecule has 4 rings (SSSR count). The van der Waals surface area contributed by atoms with E-state index in [2.05, 4.69) is 4.98 Å². The Labute approximate surface area is 207 Å². The number of fused-ring (bicyclic) bond motifs is 1. The molecule has 0 spiro atoms. The summed E-state index contributed by atoms with van der Waals surface area (Å²) in [5.41, 5.74) is -0.841. The normalized spacial score (nSPS) is 16.4. The van der Waals surface area contributed by atoms with Gasteiger partial charge in [-0.3, -0.25) is 4.57 Å². The maximum absolute atomic E-state index is 13.6. The molecule has 36 heavy (non-hydrogen) atoms. The van der Waals surface area contributed by atoms with E-state index >= 15 is 0 Å². The number of carbonyl (C=O) groups is 1. The van der Waals surface area contributed by atoms with Crippen LogP contribution in [0.2, 0.25) is 0 Å². The number of nitrogens with zero attached hydrogens (tertiary/aromatic N) is 4. The molecule has 1 aromatic heterocycles. The maximum Gasteiger partial charge on any atom is 0.416 e. The van der Waals surface area contributed by atoms with Crippen molar-refractivity contribution in [3.8, 4) is 5.69 Å². The Balaban J connectivity index is 1.78. The first-order valence-corrected chi connectivity index (χ1v) is 11.7. The first kappa shape index (κ1) is 25.5. The number of amides is 1. The summed E-state index contributed by atoms with van der Waals surface area (Å²) in [6.45, 7) is 7.99. The van der Waals surface area contributed by atoms with Crippen LogP contribution in [0.5, 0.6) is 0 Å². The number of aryl methyl sites for hydroxylation is 1. The molecule has 2 heterocycles. The average Bonchev–Trinajstić information content (AvgIpc) is 3.27. The molecule has 3 aromatic rings. The van der Waals surface area contributed by atoms with Gasteiger partial charge < -0.3 is 14.5 Å². The predicted molar refractivity (Wildman–Crippen MR) is 132 cm³/mol. The quantitative estimate of drug-likeness (QED) is 0.495. The van der Waals surface area contributed by atoms with Gasteiger partial charge in [0.15, 0.2) is 0 Å². The van der Waals surface area contributed by atoms with E-state index in [9.17, 15) is 22.8 Å². The van der Waals surface area contributed by atoms with Gasteiger partial charge in [-0.1, -0.05) is 18.2 Å². The zero-order valence-electron chi connectivity index (χ0n) is 20.9. The van der Waals surface area contributed by atoms with Gasteiger partial charge in [-0.05, 0) is 63.9 Å². The number of benzene rings is 2. The standard InChI is InChI=1S/C26H29F3N4O3/c1-16-8-6-7-9-20(16)33-21-14-17(26(27,28)29)10-11-19(21)22(30-23(33)34)32-13-12-18(15-32)31(5)24(35)36-25(2,3)4/h6-11,14,18H,12-13,15H2,1-5H3/t18-/m0/s1. The van der Waals surface area contributed by atoms with Crippen LogP contribution in [0.3, 0.4) is 0 Å². The van der Waals surface area contributed by atoms with E-state index in [1.807, 2.05) is 4.90 Å². The molecular weight excluding hydrogens is 473 g/mol. The number of rotatable bonds is 3. The summed E-state index contributed by atoms with van der Waals surface area (Å²) in [6, 6.07) is 10.1. The number of likely N-dealkylation sites (N-methyl/N-ethyl adjacent to an activating group) is 1. The monoisotopic (exact) mass is 502 g/mol. The van der Waals surface area contributed by atoms with Crippen molar-refractivity contribution in [2.24, 2.45) is 0 Å². The van der Waals surface area contributed by atoms with Crippen molar-refractivity contribution >= 4 is 22.8 Å². The second-order valence-corrected chi connectivity index (χ2v) is 10.0. The molecule has 0 saturated carbocycles. The smallest absolute Gasteiger partial charge is 0.416 e. The molecule has 0 N–H and O–H groups in total. The van der Waals surface area contributed by atoms with Crippen molar-refractivity contribution in [2.45, 2.75) is 51.9 Å². The first-order valence-electron chi connectivity index (χ1n) is 11.7. The van der Waals surface area contributed by atoms with Gasteiger partial charge in [0.1, 0.15) is 11.4 Å². The summed E-state index contributed by atoms with van der Waals surface area (Å²) in [7, 11) is 1.65. The minimum Gasteiger partial charge on any atom is -0.444 e. The summed E-state index contributed by atoms with van der Waals surface area (Å²) in [4.78, 5) is 33.5. The van der Waals surface area contributed by atoms with E-state index in [1.165, 1.54) is 15.5 Å². The van der Waals surface area contributed by atoms with E-state index < -0.39 is 29.1 Å². The van der Waals surface area contributed by atoms with Crippen LogP contribution in [-0.4, -0.2) is 52.3 Å². The van der Waals surface area contributed by atoms with Crippen LogP contribution in [0.1, 0.15) is 38.3 Å². The second kappa shape index (κ2) is 9.15. The van der Waals surface area contributed by atoms with Crippen molar-refractivity contribution in [2.75, 3.05) is 25.0 Å². The lowest BCUT2D eigenvalue weighted by Crippen LogP contribution is -2.42. The molecule has 2 aromatic carbocycles. The van der Waals surface area contributed by atoms with Crippen LogP contribution >= 0.6 is 0 Å². The number of para-hydroxylation sites is 1. The molecule has 1 fully saturated rings. The maximum atomic E-state index is 13.6. The highest BCUT2D eigenvalue weighted by molar-refractivity contribution is 5.91. The molecule has 0 radical (unpaired) electrons. The molecule has 0 aliphatic carbocycles. The van der Waals surface area contributed by atoms with Gasteiger partial charge in [-0.15, -0.1) is 0 Å². The van der Waals surface area contributed by atoms with Gasteiger partial charge in [0, 0.05) is 25.5 Å². The van der Waals surface area contributed by atoms with Crippen molar-refractivity contribution in [3.63, 3.8) is 0 Å². The lowest BCUT2D eigenvalue weighted by atomic mass is 10.1. The topological polar surface area (TPSA) is 67.7 Å². The van der Waals surface area contributed by atoms with Crippen LogP contribution in [0, 0.1) is 6.92 Å². The fourth-order valence-electron chi connectivity index (χ4n) is 4.41. The zero-order chi connectivity index (χ0) is 26.4. The Morgan fingerprint density at radius 1 is 1.14 bits per heavy atom. The van der Waals surface area contributed by atoms with E-state index in [4.69, 9.17) is 4.74 Å². The number of aromatic nitrogens is 2. The number of ether oxygens (including phenoxy) is 1. The number of carbonyl (C=O) groups excluding carboxylic acids is 1. The molecule has 7 nitrogen and oxygen atoms in total. The molecule has 10 heteroatoms. The van der Waals surface area contributed by atoms with Crippen LogP contribution in [0.25, 0.3) is 16.6 Å². The van der Waals surface area contributed by atoms with Gasteiger partial charge in [-0.25, -0.2) is 9.59 Å². The fourth-order valence-corrected chi connectivity index (χ4v) is 4.41. The number of halogens is 3. The molecule has 1 aliphatic heterocycles. The average molecular weight is 503 g/mol. The Morgan fingerprint density at radius 3 is 2.47 bits per heavy atom. The lowest BCUT2D eigenvalue weighted by Gasteiger charge is -2.29. The molecule has 1 amide bonds. The zero-order valence-corrected chi connectivity index (χ0v) is 20.9. The van der Waals surface area contributed by atoms with Crippen molar-refractivity contribution in [3.05, 3.63) is 64.1 Å². The fraction of sp³-hybridized carbons (Fsp3) is 0.423. The number of hydrogen-bond acceptors (Lipinski definition) is 5. The highest BCUT2D eigenvalue weighted by Crippen LogP contribution is 2.35. The molecule has 0 unspecified atom stereocenters. The third-order valence-corrected chi connectivity index (χ3v) is 6.25. The van der Waals surface area contributed by atoms with Gasteiger partial charge in [-0.2, -0.15) is 18.2 Å². The molecular formula is C26H29F3N4O3. The highest BCUT2D eigenvalue weighted by atomic mass is 19.4. The van der Waals surface area contributed by atoms with E-state index in [0.29, 0.717) is 36.4 Å². The molecule has 1 saturated heterocycles. The third-order valence-electron chi connectivity index (χ3n) is 6.25. The summed E-state index contributed by atoms with van der Waals surface area (Å²) in [6.07, 6.45) is -4.43.